The van der Waals surface area contributed by atoms with E-state index >= 15 is 0 Å². The van der Waals surface area contributed by atoms with E-state index in [1.807, 2.05) is 0 Å². The maximum atomic E-state index is 13.0. The highest BCUT2D eigenvalue weighted by Crippen LogP contribution is 2.23. The molecule has 3 aliphatic heterocycles. The first-order valence-corrected chi connectivity index (χ1v) is 14.2. The third-order valence-corrected chi connectivity index (χ3v) is 7.51. The quantitative estimate of drug-likeness (QED) is 0.0898. The molecule has 10 atom stereocenters. The number of unbranched alkanes of at least 4 members (excludes halogenated alkanes) is 1. The topological polar surface area (TPSA) is 199 Å². The Morgan fingerprint density at radius 3 is 1.60 bits per heavy atom. The molecule has 232 valence electrons. The first-order valence-electron chi connectivity index (χ1n) is 14.2. The van der Waals surface area contributed by atoms with Crippen molar-refractivity contribution in [3.63, 3.8) is 0 Å². The van der Waals surface area contributed by atoms with Crippen molar-refractivity contribution >= 4 is 11.8 Å². The molecule has 0 aromatic carbocycles. The average Bonchev–Trinajstić information content (AvgIpc) is 3.78. The molecule has 3 heterocycles. The van der Waals surface area contributed by atoms with Crippen molar-refractivity contribution in [3.05, 3.63) is 0 Å². The Kier molecular flexibility index (Phi) is 13.0. The number of carbonyl (C=O) groups is 2. The summed E-state index contributed by atoms with van der Waals surface area (Å²) in [6.07, 6.45) is -9.01. The number of amides is 2. The molecule has 3 rings (SSSR count). The van der Waals surface area contributed by atoms with Gasteiger partial charge in [0, 0.05) is 39.0 Å². The Morgan fingerprint density at radius 2 is 1.15 bits per heavy atom. The van der Waals surface area contributed by atoms with Gasteiger partial charge in [-0.1, -0.05) is 0 Å². The van der Waals surface area contributed by atoms with E-state index in [-0.39, 0.29) is 31.4 Å². The molecule has 2 amide bonds. The van der Waals surface area contributed by atoms with E-state index in [4.69, 9.17) is 18.9 Å². The molecular weight excluding hydrogens is 532 g/mol. The van der Waals surface area contributed by atoms with Gasteiger partial charge in [0.15, 0.2) is 12.6 Å². The zero-order valence-electron chi connectivity index (χ0n) is 23.3. The molecule has 40 heavy (non-hydrogen) atoms. The zero-order valence-corrected chi connectivity index (χ0v) is 23.3. The Morgan fingerprint density at radius 1 is 0.700 bits per heavy atom. The van der Waals surface area contributed by atoms with Gasteiger partial charge in [0.2, 0.25) is 11.8 Å². The molecule has 10 unspecified atom stereocenters. The lowest BCUT2D eigenvalue weighted by molar-refractivity contribution is -0.293. The van der Waals surface area contributed by atoms with E-state index in [1.165, 1.54) is 0 Å². The van der Waals surface area contributed by atoms with Crippen LogP contribution < -0.4 is 0 Å². The molecule has 3 fully saturated rings. The van der Waals surface area contributed by atoms with Crippen molar-refractivity contribution in [2.45, 2.75) is 114 Å². The smallest absolute Gasteiger partial charge is 0.222 e. The number of aliphatic hydroxyl groups is 6. The minimum atomic E-state index is -1.41. The average molecular weight is 579 g/mol. The molecule has 0 aromatic heterocycles. The summed E-state index contributed by atoms with van der Waals surface area (Å²) in [7, 11) is 0. The van der Waals surface area contributed by atoms with E-state index in [0.717, 1.165) is 13.1 Å². The molecule has 0 bridgehead atoms. The minimum Gasteiger partial charge on any atom is -0.388 e. The summed E-state index contributed by atoms with van der Waals surface area (Å²) < 4.78 is 22.0. The summed E-state index contributed by atoms with van der Waals surface area (Å²) >= 11 is 0. The van der Waals surface area contributed by atoms with Crippen molar-refractivity contribution in [1.29, 1.82) is 0 Å². The van der Waals surface area contributed by atoms with E-state index in [1.54, 1.807) is 23.6 Å². The Bertz CT molecular complexity index is 760. The van der Waals surface area contributed by atoms with E-state index in [2.05, 4.69) is 0 Å². The van der Waals surface area contributed by atoms with Gasteiger partial charge in [-0.25, -0.2) is 0 Å². The van der Waals surface area contributed by atoms with Gasteiger partial charge >= 0.3 is 0 Å². The lowest BCUT2D eigenvalue weighted by Crippen LogP contribution is -2.57. The molecule has 3 aliphatic rings. The second-order valence-corrected chi connectivity index (χ2v) is 10.8. The van der Waals surface area contributed by atoms with Crippen molar-refractivity contribution in [1.82, 2.24) is 9.80 Å². The fourth-order valence-corrected chi connectivity index (χ4v) is 4.74. The lowest BCUT2D eigenvalue weighted by Gasteiger charge is -2.39. The van der Waals surface area contributed by atoms with Gasteiger partial charge in [0.1, 0.15) is 36.6 Å². The van der Waals surface area contributed by atoms with Crippen LogP contribution in [0.15, 0.2) is 0 Å². The fourth-order valence-electron chi connectivity index (χ4n) is 4.74. The van der Waals surface area contributed by atoms with E-state index < -0.39 is 61.4 Å². The number of rotatable bonds is 15. The summed E-state index contributed by atoms with van der Waals surface area (Å²) in [5, 5.41) is 59.8. The summed E-state index contributed by atoms with van der Waals surface area (Å²) in [5.74, 6) is 0.0122. The van der Waals surface area contributed by atoms with Crippen molar-refractivity contribution in [2.24, 2.45) is 0 Å². The molecule has 3 saturated heterocycles. The van der Waals surface area contributed by atoms with Crippen LogP contribution in [0.3, 0.4) is 0 Å². The molecular formula is C26H46N2O12. The van der Waals surface area contributed by atoms with Crippen molar-refractivity contribution in [2.75, 3.05) is 39.4 Å². The number of ether oxygens (including phenoxy) is 4. The maximum Gasteiger partial charge on any atom is 0.222 e. The molecule has 0 saturated carbocycles. The second kappa shape index (κ2) is 15.7. The first-order chi connectivity index (χ1) is 19.0. The first kappa shape index (κ1) is 33.0. The summed E-state index contributed by atoms with van der Waals surface area (Å²) in [6.45, 7) is 5.66. The second-order valence-electron chi connectivity index (χ2n) is 10.8. The summed E-state index contributed by atoms with van der Waals surface area (Å²) in [6, 6.07) is 0. The molecule has 0 spiro atoms. The molecule has 14 nitrogen and oxygen atoms in total. The highest BCUT2D eigenvalue weighted by atomic mass is 16.7. The van der Waals surface area contributed by atoms with Gasteiger partial charge in [-0.2, -0.15) is 0 Å². The molecule has 0 aromatic rings. The third-order valence-electron chi connectivity index (χ3n) is 7.51. The summed E-state index contributed by atoms with van der Waals surface area (Å²) in [4.78, 5) is 28.2. The minimum absolute atomic E-state index is 0.0959. The predicted molar refractivity (Wildman–Crippen MR) is 137 cm³/mol. The summed E-state index contributed by atoms with van der Waals surface area (Å²) in [5.41, 5.74) is 0. The Balaban J connectivity index is 1.43. The molecule has 0 radical (unpaired) electrons. The van der Waals surface area contributed by atoms with Crippen molar-refractivity contribution in [3.8, 4) is 0 Å². The van der Waals surface area contributed by atoms with Gasteiger partial charge in [0.05, 0.1) is 25.4 Å². The van der Waals surface area contributed by atoms with Crippen LogP contribution in [-0.4, -0.2) is 153 Å². The number of hydrogen-bond donors (Lipinski definition) is 6. The number of carbonyl (C=O) groups excluding carboxylic acids is 2. The van der Waals surface area contributed by atoms with E-state index in [0.29, 0.717) is 45.2 Å². The van der Waals surface area contributed by atoms with Crippen LogP contribution in [0.2, 0.25) is 0 Å². The Labute approximate surface area is 234 Å². The lowest BCUT2D eigenvalue weighted by atomic mass is 10.0. The molecule has 14 heteroatoms. The van der Waals surface area contributed by atoms with Crippen LogP contribution in [0.1, 0.15) is 52.4 Å². The maximum absolute atomic E-state index is 13.0. The van der Waals surface area contributed by atoms with Gasteiger partial charge in [-0.05, 0) is 39.5 Å². The number of nitrogens with zero attached hydrogens (tertiary/aromatic N) is 2. The van der Waals surface area contributed by atoms with Gasteiger partial charge < -0.3 is 59.4 Å². The SMILES string of the molecule is CC1OC(OCCCN(CCCOC2OC(C)C(O)C(O)C2O)C(=O)CCCCC(=O)N2CC2)C(O)C(O)C1O. The van der Waals surface area contributed by atoms with Crippen LogP contribution >= 0.6 is 0 Å². The highest BCUT2D eigenvalue weighted by Gasteiger charge is 2.43. The molecule has 0 aliphatic carbocycles. The van der Waals surface area contributed by atoms with Crippen LogP contribution in [-0.2, 0) is 28.5 Å². The predicted octanol–water partition coefficient (Wildman–Crippen LogP) is -2.31. The van der Waals surface area contributed by atoms with E-state index in [9.17, 15) is 40.2 Å². The van der Waals surface area contributed by atoms with Crippen LogP contribution in [0.25, 0.3) is 0 Å². The monoisotopic (exact) mass is 578 g/mol. The highest BCUT2D eigenvalue weighted by molar-refractivity contribution is 5.78. The zero-order chi connectivity index (χ0) is 29.4. The van der Waals surface area contributed by atoms with Crippen LogP contribution in [0.5, 0.6) is 0 Å². The van der Waals surface area contributed by atoms with Gasteiger partial charge in [0.25, 0.3) is 0 Å². The van der Waals surface area contributed by atoms with Gasteiger partial charge in [-0.15, -0.1) is 0 Å². The standard InChI is InChI=1S/C26H46N2O12/c1-15-19(31)21(33)23(35)25(39-15)37-13-5-9-27(17(29)7-3-4-8-18(30)28-11-12-28)10-6-14-38-26-24(36)22(34)20(32)16(2)40-26/h15-16,19-26,31-36H,3-14H2,1-2H3. The van der Waals surface area contributed by atoms with Crippen molar-refractivity contribution < 1.29 is 59.2 Å². The fraction of sp³-hybridized carbons (Fsp3) is 0.923. The normalized spacial score (nSPS) is 36.0. The van der Waals surface area contributed by atoms with Gasteiger partial charge in [-0.3, -0.25) is 9.59 Å². The van der Waals surface area contributed by atoms with Crippen LogP contribution in [0, 0.1) is 0 Å². The number of hydrogen-bond acceptors (Lipinski definition) is 12. The number of aliphatic hydroxyl groups excluding tert-OH is 6. The Hall–Kier alpha value is -1.46. The largest absolute Gasteiger partial charge is 0.388 e. The van der Waals surface area contributed by atoms with Crippen LogP contribution in [0.4, 0.5) is 0 Å². The third kappa shape index (κ3) is 9.28. The molecule has 6 N–H and O–H groups in total.